The van der Waals surface area contributed by atoms with Crippen molar-refractivity contribution in [3.8, 4) is 16.9 Å². The van der Waals surface area contributed by atoms with Crippen molar-refractivity contribution in [2.24, 2.45) is 0 Å². The number of amides is 2. The van der Waals surface area contributed by atoms with Crippen molar-refractivity contribution in [3.05, 3.63) is 82.6 Å². The first-order valence-corrected chi connectivity index (χ1v) is 19.7. The van der Waals surface area contributed by atoms with E-state index in [0.717, 1.165) is 66.0 Å². The van der Waals surface area contributed by atoms with Crippen molar-refractivity contribution in [1.82, 2.24) is 15.2 Å². The Bertz CT molecular complexity index is 1700. The van der Waals surface area contributed by atoms with E-state index in [1.54, 1.807) is 6.92 Å². The number of carbonyl (C=O) groups is 2. The smallest absolute Gasteiger partial charge is 0.222 e. The molecular weight excluding hydrogens is 710 g/mol. The number of aliphatic hydroxyl groups excluding tert-OH is 5. The topological polar surface area (TPSA) is 173 Å². The van der Waals surface area contributed by atoms with Crippen LogP contribution in [0.4, 0.5) is 0 Å². The summed E-state index contributed by atoms with van der Waals surface area (Å²) < 4.78 is 6.29. The maximum atomic E-state index is 13.4. The molecule has 1 aromatic heterocycles. The van der Waals surface area contributed by atoms with Crippen molar-refractivity contribution in [3.63, 3.8) is 0 Å². The van der Waals surface area contributed by atoms with Gasteiger partial charge in [0.15, 0.2) is 0 Å². The largest absolute Gasteiger partial charge is 0.490 e. The van der Waals surface area contributed by atoms with Gasteiger partial charge in [0, 0.05) is 55.5 Å². The molecule has 294 valence electrons. The first kappa shape index (κ1) is 41.6. The van der Waals surface area contributed by atoms with Crippen molar-refractivity contribution in [1.29, 1.82) is 0 Å². The van der Waals surface area contributed by atoms with Crippen LogP contribution in [-0.4, -0.2) is 104 Å². The lowest BCUT2D eigenvalue weighted by atomic mass is 9.84. The molecule has 5 atom stereocenters. The van der Waals surface area contributed by atoms with Crippen LogP contribution >= 0.6 is 11.6 Å². The highest BCUT2D eigenvalue weighted by molar-refractivity contribution is 6.31. The quantitative estimate of drug-likeness (QED) is 0.0851. The molecule has 0 bridgehead atoms. The van der Waals surface area contributed by atoms with Gasteiger partial charge in [0.2, 0.25) is 11.8 Å². The number of hydrogen-bond donors (Lipinski definition) is 6. The number of halogens is 1. The molecule has 2 aliphatic carbocycles. The maximum absolute atomic E-state index is 13.4. The van der Waals surface area contributed by atoms with Gasteiger partial charge < -0.3 is 40.5 Å². The molecular formula is C42H56ClN3O8. The van der Waals surface area contributed by atoms with Crippen molar-refractivity contribution in [2.75, 3.05) is 26.2 Å². The van der Waals surface area contributed by atoms with Gasteiger partial charge in [0.05, 0.1) is 12.7 Å². The Morgan fingerprint density at radius 1 is 1.02 bits per heavy atom. The Labute approximate surface area is 323 Å². The third kappa shape index (κ3) is 11.0. The van der Waals surface area contributed by atoms with E-state index in [9.17, 15) is 30.0 Å². The number of nitrogens with one attached hydrogen (secondary N) is 1. The van der Waals surface area contributed by atoms with Crippen molar-refractivity contribution in [2.45, 2.75) is 120 Å². The number of aryl methyl sites for hydroxylation is 1. The molecule has 2 aromatic carbocycles. The van der Waals surface area contributed by atoms with Crippen LogP contribution in [0.5, 0.6) is 5.75 Å². The van der Waals surface area contributed by atoms with E-state index in [4.69, 9.17) is 21.4 Å². The zero-order valence-electron chi connectivity index (χ0n) is 31.4. The number of hydrogen-bond acceptors (Lipinski definition) is 9. The number of benzene rings is 2. The van der Waals surface area contributed by atoms with Crippen LogP contribution in [0.25, 0.3) is 11.1 Å². The highest BCUT2D eigenvalue weighted by Gasteiger charge is 2.45. The minimum atomic E-state index is -1.81. The number of rotatable bonds is 22. The summed E-state index contributed by atoms with van der Waals surface area (Å²) in [6.45, 7) is 3.18. The molecule has 11 nitrogen and oxygen atoms in total. The molecule has 0 spiro atoms. The molecule has 6 N–H and O–H groups in total. The third-order valence-corrected chi connectivity index (χ3v) is 11.2. The number of nitrogens with zero attached hydrogens (tertiary/aromatic N) is 2. The van der Waals surface area contributed by atoms with Gasteiger partial charge in [-0.25, -0.2) is 0 Å². The first-order chi connectivity index (χ1) is 26.0. The first-order valence-electron chi connectivity index (χ1n) is 19.3. The lowest BCUT2D eigenvalue weighted by Gasteiger charge is -2.30. The molecule has 0 radical (unpaired) electrons. The lowest BCUT2D eigenvalue weighted by Crippen LogP contribution is -2.51. The molecule has 2 aliphatic rings. The van der Waals surface area contributed by atoms with E-state index in [1.807, 2.05) is 30.6 Å². The minimum absolute atomic E-state index is 0.000319. The number of carbonyl (C=O) groups excluding carboxylic acids is 2. The Kier molecular flexibility index (Phi) is 14.9. The molecule has 12 heteroatoms. The zero-order valence-corrected chi connectivity index (χ0v) is 32.1. The second kappa shape index (κ2) is 19.3. The molecule has 3 aromatic rings. The van der Waals surface area contributed by atoms with Gasteiger partial charge in [-0.3, -0.25) is 14.6 Å². The van der Waals surface area contributed by atoms with E-state index < -0.39 is 31.0 Å². The monoisotopic (exact) mass is 765 g/mol. The molecule has 2 saturated carbocycles. The zero-order chi connectivity index (χ0) is 38.8. The van der Waals surface area contributed by atoms with Gasteiger partial charge in [-0.05, 0) is 110 Å². The van der Waals surface area contributed by atoms with Crippen LogP contribution < -0.4 is 10.1 Å². The summed E-state index contributed by atoms with van der Waals surface area (Å²) in [5.74, 6) is 0.486. The lowest BCUT2D eigenvalue weighted by molar-refractivity contribution is -0.140. The third-order valence-electron chi connectivity index (χ3n) is 10.8. The molecule has 2 fully saturated rings. The summed E-state index contributed by atoms with van der Waals surface area (Å²) in [6, 6.07) is 16.5. The second-order valence-electron chi connectivity index (χ2n) is 15.0. The van der Waals surface area contributed by atoms with E-state index in [1.165, 1.54) is 16.0 Å². The average Bonchev–Trinajstić information content (AvgIpc) is 4.13. The van der Waals surface area contributed by atoms with Crippen molar-refractivity contribution < 1.29 is 39.9 Å². The van der Waals surface area contributed by atoms with Crippen LogP contribution in [0.3, 0.4) is 0 Å². The molecule has 2 amide bonds. The number of aromatic nitrogens is 1. The summed E-state index contributed by atoms with van der Waals surface area (Å²) in [6.07, 6.45) is 4.79. The highest BCUT2D eigenvalue weighted by Crippen LogP contribution is 2.55. The van der Waals surface area contributed by atoms with E-state index in [2.05, 4.69) is 47.6 Å². The number of ether oxygens (including phenoxy) is 1. The number of para-hydroxylation sites is 1. The summed E-state index contributed by atoms with van der Waals surface area (Å²) >= 11 is 6.77. The summed E-state index contributed by atoms with van der Waals surface area (Å²) in [4.78, 5) is 31.4. The van der Waals surface area contributed by atoms with E-state index in [-0.39, 0.29) is 49.1 Å². The average molecular weight is 766 g/mol. The summed E-state index contributed by atoms with van der Waals surface area (Å²) in [5.41, 5.74) is 5.77. The standard InChI is InChI=1S/C42H56ClN3O8/c1-3-45-38(50)17-22-46(25-35(48)40(52)41(53)36(49)26-47)39(51)10-6-7-27(2)28-11-14-34(43)29(23-28)15-18-42(19-20-42)33-24-44-21-16-31(33)32-8-4-5-9-37(32)54-30-12-13-30/h4-5,8-9,11,14,16,21,23-24,27,30,35-36,40-41,47-49,52-53H,3,6-7,10,12-13,15,17-20,22,25-26H2,1-2H3,(H,45,50)/t27?,35-,36+,40+,41+/m0/s1. The van der Waals surface area contributed by atoms with Crippen LogP contribution in [0.1, 0.15) is 94.2 Å². The Morgan fingerprint density at radius 2 is 1.76 bits per heavy atom. The maximum Gasteiger partial charge on any atom is 0.222 e. The molecule has 0 saturated heterocycles. The molecule has 0 aliphatic heterocycles. The number of pyridine rings is 1. The molecule has 1 heterocycles. The SMILES string of the molecule is CCNC(=O)CCN(C[C@H](O)[C@@H](O)[C@H](O)[C@H](O)CO)C(=O)CCCC(C)c1ccc(Cl)c(CCC2(c3cnccc3-c3ccccc3OC3CC3)CC2)c1. The Balaban J connectivity index is 1.19. The molecule has 1 unspecified atom stereocenters. The van der Waals surface area contributed by atoms with Gasteiger partial charge in [-0.1, -0.05) is 48.9 Å². The fourth-order valence-electron chi connectivity index (χ4n) is 7.10. The van der Waals surface area contributed by atoms with Gasteiger partial charge in [0.25, 0.3) is 0 Å². The Hall–Kier alpha value is -3.58. The molecule has 54 heavy (non-hydrogen) atoms. The number of aliphatic hydroxyl groups is 5. The van der Waals surface area contributed by atoms with Gasteiger partial charge in [0.1, 0.15) is 30.2 Å². The fraction of sp³-hybridized carbons (Fsp3) is 0.548. The summed E-state index contributed by atoms with van der Waals surface area (Å²) in [7, 11) is 0. The van der Waals surface area contributed by atoms with Gasteiger partial charge >= 0.3 is 0 Å². The summed E-state index contributed by atoms with van der Waals surface area (Å²) in [5, 5.41) is 53.2. The predicted molar refractivity (Wildman–Crippen MR) is 207 cm³/mol. The fourth-order valence-corrected chi connectivity index (χ4v) is 7.31. The van der Waals surface area contributed by atoms with Crippen molar-refractivity contribution >= 4 is 23.4 Å². The highest BCUT2D eigenvalue weighted by atomic mass is 35.5. The second-order valence-corrected chi connectivity index (χ2v) is 15.4. The van der Waals surface area contributed by atoms with Crippen LogP contribution in [0.15, 0.2) is 60.9 Å². The van der Waals surface area contributed by atoms with Crippen LogP contribution in [0, 0.1) is 0 Å². The van der Waals surface area contributed by atoms with Crippen LogP contribution in [0.2, 0.25) is 5.02 Å². The normalized spacial score (nSPS) is 17.6. The predicted octanol–water partition coefficient (Wildman–Crippen LogP) is 4.67. The van der Waals surface area contributed by atoms with Crippen LogP contribution in [-0.2, 0) is 21.4 Å². The van der Waals surface area contributed by atoms with Gasteiger partial charge in [-0.15, -0.1) is 0 Å². The molecule has 5 rings (SSSR count). The minimum Gasteiger partial charge on any atom is -0.490 e. The van der Waals surface area contributed by atoms with E-state index >= 15 is 0 Å². The van der Waals surface area contributed by atoms with E-state index in [0.29, 0.717) is 25.5 Å². The van der Waals surface area contributed by atoms with Gasteiger partial charge in [-0.2, -0.15) is 0 Å². The Morgan fingerprint density at radius 3 is 2.46 bits per heavy atom.